The summed E-state index contributed by atoms with van der Waals surface area (Å²) in [5.41, 5.74) is 0. The topological polar surface area (TPSA) is 81.8 Å². The highest BCUT2D eigenvalue weighted by molar-refractivity contribution is 6.35. The van der Waals surface area contributed by atoms with Crippen LogP contribution in [0.2, 0.25) is 0 Å². The second-order valence-electron chi connectivity index (χ2n) is 6.07. The van der Waals surface area contributed by atoms with E-state index >= 15 is 0 Å². The molecule has 7 nitrogen and oxygen atoms in total. The van der Waals surface area contributed by atoms with E-state index in [4.69, 9.17) is 0 Å². The summed E-state index contributed by atoms with van der Waals surface area (Å²) in [4.78, 5) is 38.9. The van der Waals surface area contributed by atoms with E-state index in [0.29, 0.717) is 38.6 Å². The van der Waals surface area contributed by atoms with Crippen LogP contribution in [0.1, 0.15) is 20.3 Å². The van der Waals surface area contributed by atoms with Gasteiger partial charge in [-0.1, -0.05) is 13.8 Å². The number of carbonyl (C=O) groups is 3. The van der Waals surface area contributed by atoms with Crippen LogP contribution in [-0.4, -0.2) is 72.8 Å². The Morgan fingerprint density at radius 1 is 1.38 bits per heavy atom. The van der Waals surface area contributed by atoms with E-state index in [1.807, 2.05) is 0 Å². The second kappa shape index (κ2) is 6.89. The molecule has 0 aliphatic carbocycles. The molecule has 1 unspecified atom stereocenters. The predicted octanol–water partition coefficient (Wildman–Crippen LogP) is -1.21. The Bertz CT molecular complexity index is 424. The summed E-state index contributed by atoms with van der Waals surface area (Å²) in [7, 11) is 0. The molecule has 0 aromatic carbocycles. The van der Waals surface area contributed by atoms with Gasteiger partial charge in [-0.3, -0.25) is 14.4 Å². The number of hydrogen-bond donors (Lipinski definition) is 2. The molecule has 2 aliphatic rings. The molecular weight excluding hydrogens is 272 g/mol. The fourth-order valence-electron chi connectivity index (χ4n) is 2.65. The predicted molar refractivity (Wildman–Crippen MR) is 77.4 cm³/mol. The minimum Gasteiger partial charge on any atom is -0.355 e. The van der Waals surface area contributed by atoms with Crippen molar-refractivity contribution in [2.75, 3.05) is 39.3 Å². The van der Waals surface area contributed by atoms with E-state index in [2.05, 4.69) is 24.5 Å². The first-order chi connectivity index (χ1) is 9.99. The smallest absolute Gasteiger partial charge is 0.312 e. The maximum absolute atomic E-state index is 12.0. The van der Waals surface area contributed by atoms with Crippen molar-refractivity contribution < 1.29 is 14.4 Å². The van der Waals surface area contributed by atoms with Crippen LogP contribution in [0.5, 0.6) is 0 Å². The summed E-state index contributed by atoms with van der Waals surface area (Å²) in [6.45, 7) is 7.11. The zero-order chi connectivity index (χ0) is 15.4. The van der Waals surface area contributed by atoms with Crippen LogP contribution >= 0.6 is 0 Å². The number of nitrogens with one attached hydrogen (secondary N) is 2. The highest BCUT2D eigenvalue weighted by Gasteiger charge is 2.40. The van der Waals surface area contributed by atoms with E-state index in [9.17, 15) is 14.4 Å². The van der Waals surface area contributed by atoms with Crippen LogP contribution in [0.3, 0.4) is 0 Å². The highest BCUT2D eigenvalue weighted by atomic mass is 16.2. The van der Waals surface area contributed by atoms with Gasteiger partial charge in [0.15, 0.2) is 0 Å². The van der Waals surface area contributed by atoms with Crippen LogP contribution < -0.4 is 10.6 Å². The molecule has 21 heavy (non-hydrogen) atoms. The van der Waals surface area contributed by atoms with Crippen molar-refractivity contribution in [2.45, 2.75) is 26.3 Å². The first-order valence-corrected chi connectivity index (χ1v) is 7.56. The van der Waals surface area contributed by atoms with Gasteiger partial charge in [-0.15, -0.1) is 0 Å². The van der Waals surface area contributed by atoms with Crippen LogP contribution in [0, 0.1) is 5.92 Å². The molecule has 2 N–H and O–H groups in total. The Balaban J connectivity index is 1.86. The van der Waals surface area contributed by atoms with Gasteiger partial charge < -0.3 is 20.4 Å². The van der Waals surface area contributed by atoms with Gasteiger partial charge in [0.05, 0.1) is 6.04 Å². The molecule has 0 aromatic rings. The second-order valence-corrected chi connectivity index (χ2v) is 6.07. The standard InChI is InChI=1S/C14H24N4O3/c1-10(2)3-4-16-12(19)9-17-8-11-7-15-5-6-18(11)14(21)13(17)20/h10-11,15H,3-9H2,1-2H3,(H,16,19). The van der Waals surface area contributed by atoms with E-state index in [1.54, 1.807) is 4.90 Å². The van der Waals surface area contributed by atoms with Gasteiger partial charge in [0.1, 0.15) is 6.54 Å². The molecule has 0 spiro atoms. The third-order valence-corrected chi connectivity index (χ3v) is 3.89. The van der Waals surface area contributed by atoms with Crippen molar-refractivity contribution >= 4 is 17.7 Å². The lowest BCUT2D eigenvalue weighted by atomic mass is 10.1. The number of fused-ring (bicyclic) bond motifs is 1. The quantitative estimate of drug-likeness (QED) is 0.624. The third kappa shape index (κ3) is 3.93. The van der Waals surface area contributed by atoms with Gasteiger partial charge in [0.2, 0.25) is 5.91 Å². The van der Waals surface area contributed by atoms with Crippen LogP contribution in [0.25, 0.3) is 0 Å². The minimum atomic E-state index is -0.563. The SMILES string of the molecule is CC(C)CCNC(=O)CN1CC2CNCCN2C(=O)C1=O. The lowest BCUT2D eigenvalue weighted by Gasteiger charge is -2.43. The average molecular weight is 296 g/mol. The molecule has 0 radical (unpaired) electrons. The summed E-state index contributed by atoms with van der Waals surface area (Å²) in [6.07, 6.45) is 0.902. The van der Waals surface area contributed by atoms with E-state index < -0.39 is 11.8 Å². The van der Waals surface area contributed by atoms with Crippen LogP contribution in [0.4, 0.5) is 0 Å². The van der Waals surface area contributed by atoms with Crippen molar-refractivity contribution in [3.63, 3.8) is 0 Å². The van der Waals surface area contributed by atoms with Gasteiger partial charge in [0.25, 0.3) is 0 Å². The summed E-state index contributed by atoms with van der Waals surface area (Å²) in [6, 6.07) is -0.0209. The normalized spacial score (nSPS) is 22.5. The minimum absolute atomic E-state index is 0.0209. The molecular formula is C14H24N4O3. The molecule has 0 saturated carbocycles. The summed E-state index contributed by atoms with van der Waals surface area (Å²) in [5, 5.41) is 6.00. The fourth-order valence-corrected chi connectivity index (χ4v) is 2.65. The Labute approximate surface area is 125 Å². The van der Waals surface area contributed by atoms with Gasteiger partial charge in [-0.2, -0.15) is 0 Å². The molecule has 2 aliphatic heterocycles. The van der Waals surface area contributed by atoms with Gasteiger partial charge in [-0.25, -0.2) is 0 Å². The zero-order valence-corrected chi connectivity index (χ0v) is 12.7. The van der Waals surface area contributed by atoms with E-state index in [0.717, 1.165) is 6.42 Å². The molecule has 1 atom stereocenters. The van der Waals surface area contributed by atoms with Gasteiger partial charge in [0, 0.05) is 32.7 Å². The Morgan fingerprint density at radius 3 is 2.86 bits per heavy atom. The lowest BCUT2D eigenvalue weighted by molar-refractivity contribution is -0.160. The van der Waals surface area contributed by atoms with Crippen LogP contribution in [0.15, 0.2) is 0 Å². The molecule has 7 heteroatoms. The summed E-state index contributed by atoms with van der Waals surface area (Å²) in [5.74, 6) is -0.728. The third-order valence-electron chi connectivity index (χ3n) is 3.89. The highest BCUT2D eigenvalue weighted by Crippen LogP contribution is 2.13. The van der Waals surface area contributed by atoms with Crippen molar-refractivity contribution in [3.05, 3.63) is 0 Å². The zero-order valence-electron chi connectivity index (χ0n) is 12.7. The van der Waals surface area contributed by atoms with Crippen molar-refractivity contribution in [1.82, 2.24) is 20.4 Å². The molecule has 3 amide bonds. The number of nitrogens with zero attached hydrogens (tertiary/aromatic N) is 2. The number of amides is 3. The number of hydrogen-bond acceptors (Lipinski definition) is 4. The van der Waals surface area contributed by atoms with Gasteiger partial charge >= 0.3 is 11.8 Å². The maximum Gasteiger partial charge on any atom is 0.312 e. The van der Waals surface area contributed by atoms with E-state index in [-0.39, 0.29) is 18.5 Å². The molecule has 2 saturated heterocycles. The number of carbonyl (C=O) groups excluding carboxylic acids is 3. The molecule has 2 rings (SSSR count). The molecule has 2 heterocycles. The van der Waals surface area contributed by atoms with E-state index in [1.165, 1.54) is 4.90 Å². The lowest BCUT2D eigenvalue weighted by Crippen LogP contribution is -2.66. The number of piperazine rings is 2. The summed E-state index contributed by atoms with van der Waals surface area (Å²) < 4.78 is 0. The molecule has 118 valence electrons. The fraction of sp³-hybridized carbons (Fsp3) is 0.786. The monoisotopic (exact) mass is 296 g/mol. The average Bonchev–Trinajstić information content (AvgIpc) is 2.44. The summed E-state index contributed by atoms with van der Waals surface area (Å²) >= 11 is 0. The largest absolute Gasteiger partial charge is 0.355 e. The Hall–Kier alpha value is -1.63. The van der Waals surface area contributed by atoms with Crippen molar-refractivity contribution in [1.29, 1.82) is 0 Å². The first-order valence-electron chi connectivity index (χ1n) is 7.56. The maximum atomic E-state index is 12.0. The van der Waals surface area contributed by atoms with Crippen LogP contribution in [-0.2, 0) is 14.4 Å². The van der Waals surface area contributed by atoms with Crippen molar-refractivity contribution in [2.24, 2.45) is 5.92 Å². The Morgan fingerprint density at radius 2 is 2.14 bits per heavy atom. The molecule has 0 aromatic heterocycles. The molecule has 0 bridgehead atoms. The molecule has 2 fully saturated rings. The number of rotatable bonds is 5. The first kappa shape index (κ1) is 15.8. The Kier molecular flexibility index (Phi) is 5.17. The van der Waals surface area contributed by atoms with Gasteiger partial charge in [-0.05, 0) is 12.3 Å². The van der Waals surface area contributed by atoms with Crippen molar-refractivity contribution in [3.8, 4) is 0 Å².